The van der Waals surface area contributed by atoms with Gasteiger partial charge in [0.25, 0.3) is 5.91 Å². The minimum Gasteiger partial charge on any atom is -0.273 e. The predicted octanol–water partition coefficient (Wildman–Crippen LogP) is 4.34. The molecule has 0 unspecified atom stereocenters. The lowest BCUT2D eigenvalue weighted by Crippen LogP contribution is -2.42. The van der Waals surface area contributed by atoms with Crippen molar-refractivity contribution in [1.82, 2.24) is 14.7 Å². The Kier molecular flexibility index (Phi) is 6.24. The van der Waals surface area contributed by atoms with Crippen molar-refractivity contribution in [2.24, 2.45) is 11.8 Å². The van der Waals surface area contributed by atoms with Gasteiger partial charge in [-0.05, 0) is 73.6 Å². The average Bonchev–Trinajstić information content (AvgIpc) is 3.14. The predicted molar refractivity (Wildman–Crippen MR) is 128 cm³/mol. The number of hydrazine groups is 1. The molecule has 0 radical (unpaired) electrons. The molecule has 7 nitrogen and oxygen atoms in total. The summed E-state index contributed by atoms with van der Waals surface area (Å²) >= 11 is 1.46. The van der Waals surface area contributed by atoms with Crippen LogP contribution >= 0.6 is 11.3 Å². The average molecular weight is 473 g/mol. The van der Waals surface area contributed by atoms with Crippen LogP contribution in [0.15, 0.2) is 41.3 Å². The number of rotatable bonds is 5. The molecule has 2 N–H and O–H groups in total. The first-order valence-electron chi connectivity index (χ1n) is 10.7. The van der Waals surface area contributed by atoms with Crippen LogP contribution in [0.5, 0.6) is 0 Å². The van der Waals surface area contributed by atoms with Crippen molar-refractivity contribution in [2.75, 3.05) is 18.5 Å². The highest BCUT2D eigenvalue weighted by molar-refractivity contribution is 7.89. The second kappa shape index (κ2) is 8.80. The first-order valence-corrected chi connectivity index (χ1v) is 12.9. The molecule has 2 heterocycles. The van der Waals surface area contributed by atoms with E-state index in [-0.39, 0.29) is 10.8 Å². The Bertz CT molecular complexity index is 1240. The van der Waals surface area contributed by atoms with Gasteiger partial charge in [-0.15, -0.1) is 0 Å². The third kappa shape index (κ3) is 4.65. The van der Waals surface area contributed by atoms with Crippen molar-refractivity contribution in [1.29, 1.82) is 0 Å². The maximum absolute atomic E-state index is 13.0. The number of sulfonamides is 1. The van der Waals surface area contributed by atoms with Gasteiger partial charge in [0.15, 0.2) is 0 Å². The van der Waals surface area contributed by atoms with Gasteiger partial charge >= 0.3 is 0 Å². The van der Waals surface area contributed by atoms with Gasteiger partial charge in [0.05, 0.1) is 15.1 Å². The molecule has 4 rings (SSSR count). The van der Waals surface area contributed by atoms with E-state index in [1.807, 2.05) is 13.8 Å². The Morgan fingerprint density at radius 2 is 1.75 bits per heavy atom. The first-order chi connectivity index (χ1) is 15.1. The third-order valence-electron chi connectivity index (χ3n) is 5.70. The van der Waals surface area contributed by atoms with E-state index in [4.69, 9.17) is 0 Å². The van der Waals surface area contributed by atoms with E-state index >= 15 is 0 Å². The van der Waals surface area contributed by atoms with Crippen LogP contribution in [-0.4, -0.2) is 36.7 Å². The van der Waals surface area contributed by atoms with Crippen molar-refractivity contribution in [3.8, 4) is 0 Å². The van der Waals surface area contributed by atoms with Crippen LogP contribution in [-0.2, 0) is 10.0 Å². The number of anilines is 1. The highest BCUT2D eigenvalue weighted by atomic mass is 32.2. The van der Waals surface area contributed by atoms with E-state index < -0.39 is 10.0 Å². The number of thiazole rings is 1. The quantitative estimate of drug-likeness (QED) is 0.539. The minimum atomic E-state index is -3.57. The van der Waals surface area contributed by atoms with E-state index in [9.17, 15) is 13.2 Å². The number of carbonyl (C=O) groups is 1. The van der Waals surface area contributed by atoms with Crippen LogP contribution < -0.4 is 10.9 Å². The fourth-order valence-electron chi connectivity index (χ4n) is 4.34. The van der Waals surface area contributed by atoms with Crippen molar-refractivity contribution < 1.29 is 13.2 Å². The highest BCUT2D eigenvalue weighted by Crippen LogP contribution is 2.29. The summed E-state index contributed by atoms with van der Waals surface area (Å²) in [7, 11) is -3.57. The topological polar surface area (TPSA) is 91.4 Å². The van der Waals surface area contributed by atoms with Crippen LogP contribution in [0.4, 0.5) is 5.13 Å². The normalized spacial score (nSPS) is 19.8. The summed E-state index contributed by atoms with van der Waals surface area (Å²) in [6.07, 6.45) is 1.03. The first kappa shape index (κ1) is 22.7. The smallest absolute Gasteiger partial charge is 0.269 e. The zero-order valence-electron chi connectivity index (χ0n) is 18.7. The maximum atomic E-state index is 13.0. The molecule has 1 aromatic heterocycles. The van der Waals surface area contributed by atoms with E-state index in [0.29, 0.717) is 35.6 Å². The molecule has 2 aromatic carbocycles. The molecule has 1 amide bonds. The van der Waals surface area contributed by atoms with Crippen LogP contribution in [0.1, 0.15) is 41.8 Å². The summed E-state index contributed by atoms with van der Waals surface area (Å²) in [4.78, 5) is 17.3. The molecule has 1 aliphatic heterocycles. The lowest BCUT2D eigenvalue weighted by molar-refractivity contribution is 0.0962. The number of piperidine rings is 1. The number of aryl methyl sites for hydroxylation is 2. The van der Waals surface area contributed by atoms with Gasteiger partial charge < -0.3 is 0 Å². The minimum absolute atomic E-state index is 0.209. The molecular weight excluding hydrogens is 444 g/mol. The number of amides is 1. The number of hydrogen-bond donors (Lipinski definition) is 2. The Balaban J connectivity index is 1.44. The summed E-state index contributed by atoms with van der Waals surface area (Å²) in [5.74, 6) is 0.307. The number of nitrogens with one attached hydrogen (secondary N) is 2. The van der Waals surface area contributed by atoms with Gasteiger partial charge in [-0.1, -0.05) is 31.3 Å². The molecule has 2 atom stereocenters. The maximum Gasteiger partial charge on any atom is 0.269 e. The molecule has 1 fully saturated rings. The van der Waals surface area contributed by atoms with Crippen LogP contribution in [0.2, 0.25) is 0 Å². The molecule has 9 heteroatoms. The van der Waals surface area contributed by atoms with Crippen molar-refractivity contribution >= 4 is 42.6 Å². The molecule has 0 aliphatic carbocycles. The molecule has 0 bridgehead atoms. The van der Waals surface area contributed by atoms with E-state index in [1.54, 1.807) is 4.31 Å². The largest absolute Gasteiger partial charge is 0.273 e. The second-order valence-corrected chi connectivity index (χ2v) is 11.8. The number of carbonyl (C=O) groups excluding carboxylic acids is 1. The molecule has 3 aromatic rings. The van der Waals surface area contributed by atoms with E-state index in [2.05, 4.69) is 41.8 Å². The van der Waals surface area contributed by atoms with Crippen molar-refractivity contribution in [3.05, 3.63) is 53.1 Å². The summed E-state index contributed by atoms with van der Waals surface area (Å²) in [6, 6.07) is 10.2. The SMILES string of the molecule is Cc1cc(C)c2nc(NNC(=O)c3ccc(S(=O)(=O)N4C[C@@H](C)C[C@H](C)C4)cc3)sc2c1. The van der Waals surface area contributed by atoms with E-state index in [1.165, 1.54) is 35.6 Å². The fourth-order valence-corrected chi connectivity index (χ4v) is 7.01. The molecular formula is C23H28N4O3S2. The standard InChI is InChI=1S/C23H28N4O3S2/c1-14-10-17(4)21-20(11-14)31-23(24-21)26-25-22(28)18-5-7-19(8-6-18)32(29,30)27-12-15(2)9-16(3)13-27/h5-8,10-11,15-16H,9,12-13H2,1-4H3,(H,24,26)(H,25,28)/t15-,16-/m0/s1. The fraction of sp³-hybridized carbons (Fsp3) is 0.391. The Morgan fingerprint density at radius 3 is 2.41 bits per heavy atom. The van der Waals surface area contributed by atoms with Gasteiger partial charge in [0, 0.05) is 18.7 Å². The lowest BCUT2D eigenvalue weighted by Gasteiger charge is -2.34. The molecule has 170 valence electrons. The van der Waals surface area contributed by atoms with Gasteiger partial charge in [0.1, 0.15) is 0 Å². The van der Waals surface area contributed by atoms with Crippen molar-refractivity contribution in [2.45, 2.75) is 39.0 Å². The monoisotopic (exact) mass is 472 g/mol. The van der Waals surface area contributed by atoms with Gasteiger partial charge in [-0.25, -0.2) is 13.4 Å². The third-order valence-corrected chi connectivity index (χ3v) is 8.47. The van der Waals surface area contributed by atoms with Crippen LogP contribution in [0.3, 0.4) is 0 Å². The number of fused-ring (bicyclic) bond motifs is 1. The van der Waals surface area contributed by atoms with Crippen molar-refractivity contribution in [3.63, 3.8) is 0 Å². The van der Waals surface area contributed by atoms with Crippen LogP contribution in [0, 0.1) is 25.7 Å². The molecule has 1 saturated heterocycles. The summed E-state index contributed by atoms with van der Waals surface area (Å²) in [5, 5.41) is 0.592. The Labute approximate surface area is 192 Å². The molecule has 0 saturated carbocycles. The number of aromatic nitrogens is 1. The Morgan fingerprint density at radius 1 is 1.09 bits per heavy atom. The molecule has 32 heavy (non-hydrogen) atoms. The summed E-state index contributed by atoms with van der Waals surface area (Å²) in [6.45, 7) is 9.26. The van der Waals surface area contributed by atoms with Crippen LogP contribution in [0.25, 0.3) is 10.2 Å². The molecule has 0 spiro atoms. The summed E-state index contributed by atoms with van der Waals surface area (Å²) in [5.41, 5.74) is 9.04. The second-order valence-electron chi connectivity index (χ2n) is 8.82. The van der Waals surface area contributed by atoms with E-state index in [0.717, 1.165) is 27.8 Å². The Hall–Kier alpha value is -2.49. The highest BCUT2D eigenvalue weighted by Gasteiger charge is 2.31. The molecule has 1 aliphatic rings. The number of benzene rings is 2. The summed E-state index contributed by atoms with van der Waals surface area (Å²) < 4.78 is 28.6. The van der Waals surface area contributed by atoms with Gasteiger partial charge in [0.2, 0.25) is 15.2 Å². The van der Waals surface area contributed by atoms with Gasteiger partial charge in [-0.3, -0.25) is 15.6 Å². The number of hydrogen-bond acceptors (Lipinski definition) is 6. The van der Waals surface area contributed by atoms with Gasteiger partial charge in [-0.2, -0.15) is 4.31 Å². The zero-order valence-corrected chi connectivity index (χ0v) is 20.3. The number of nitrogens with zero attached hydrogens (tertiary/aromatic N) is 2. The lowest BCUT2D eigenvalue weighted by atomic mass is 9.94. The zero-order chi connectivity index (χ0) is 23.0.